The first-order valence-corrected chi connectivity index (χ1v) is 7.18. The number of benzene rings is 1. The van der Waals surface area contributed by atoms with Gasteiger partial charge >= 0.3 is 0 Å². The minimum atomic E-state index is -3.92. The molecule has 0 saturated carbocycles. The van der Waals surface area contributed by atoms with Crippen LogP contribution in [0.3, 0.4) is 0 Å². The summed E-state index contributed by atoms with van der Waals surface area (Å²) in [5.41, 5.74) is 2.23. The summed E-state index contributed by atoms with van der Waals surface area (Å²) in [4.78, 5) is 19.5. The van der Waals surface area contributed by atoms with Gasteiger partial charge in [-0.05, 0) is 12.5 Å². The van der Waals surface area contributed by atoms with Crippen molar-refractivity contribution in [3.63, 3.8) is 0 Å². The molecule has 110 valence electrons. The zero-order valence-electron chi connectivity index (χ0n) is 10.5. The van der Waals surface area contributed by atoms with E-state index in [2.05, 4.69) is 10.4 Å². The van der Waals surface area contributed by atoms with Crippen LogP contribution in [0.1, 0.15) is 12.0 Å². The Morgan fingerprint density at radius 3 is 2.85 bits per heavy atom. The summed E-state index contributed by atoms with van der Waals surface area (Å²) in [6.07, 6.45) is -0.479. The monoisotopic (exact) mass is 303 g/mol. The Labute approximate surface area is 115 Å². The molecule has 0 aliphatic carbocycles. The Morgan fingerprint density at radius 1 is 1.50 bits per heavy atom. The molecule has 1 fully saturated rings. The second-order valence-electron chi connectivity index (χ2n) is 4.16. The molecule has 9 nitrogen and oxygen atoms in total. The van der Waals surface area contributed by atoms with E-state index in [0.717, 1.165) is 6.07 Å². The first-order chi connectivity index (χ1) is 9.40. The molecule has 1 aromatic rings. The Morgan fingerprint density at radius 2 is 2.25 bits per heavy atom. The molecule has 1 atom stereocenters. The summed E-state index contributed by atoms with van der Waals surface area (Å²) >= 11 is 0. The molecule has 0 radical (unpaired) electrons. The number of nitro groups is 1. The number of sulfonamides is 1. The zero-order chi connectivity index (χ0) is 14.8. The van der Waals surface area contributed by atoms with Crippen molar-refractivity contribution < 1.29 is 23.0 Å². The Kier molecular flexibility index (Phi) is 4.30. The van der Waals surface area contributed by atoms with Crippen molar-refractivity contribution in [1.29, 1.82) is 0 Å². The third-order valence-corrected chi connectivity index (χ3v) is 4.28. The van der Waals surface area contributed by atoms with Crippen LogP contribution in [0.5, 0.6) is 0 Å². The standard InChI is InChI=1S/C10H13N3O6S/c1-7-2-3-8(13(14)15)6-9(7)20(16,17)11-10-4-5-18-12-19-10/h2-3,6,10-12H,4-5H2,1H3. The van der Waals surface area contributed by atoms with Gasteiger partial charge in [0.2, 0.25) is 10.0 Å². The van der Waals surface area contributed by atoms with Crippen molar-refractivity contribution in [3.8, 4) is 0 Å². The van der Waals surface area contributed by atoms with Crippen molar-refractivity contribution in [2.45, 2.75) is 24.5 Å². The Bertz CT molecular complexity index is 611. The van der Waals surface area contributed by atoms with Crippen molar-refractivity contribution in [3.05, 3.63) is 33.9 Å². The molecule has 0 amide bonds. The fourth-order valence-corrected chi connectivity index (χ4v) is 3.08. The van der Waals surface area contributed by atoms with Crippen molar-refractivity contribution >= 4 is 15.7 Å². The fraction of sp³-hybridized carbons (Fsp3) is 0.400. The predicted molar refractivity (Wildman–Crippen MR) is 66.7 cm³/mol. The lowest BCUT2D eigenvalue weighted by molar-refractivity contribution is -0.385. The fourth-order valence-electron chi connectivity index (χ4n) is 1.67. The molecule has 1 unspecified atom stereocenters. The average Bonchev–Trinajstić information content (AvgIpc) is 2.39. The Balaban J connectivity index is 2.28. The zero-order valence-corrected chi connectivity index (χ0v) is 11.3. The lowest BCUT2D eigenvalue weighted by Gasteiger charge is -2.23. The molecule has 2 N–H and O–H groups in total. The maximum Gasteiger partial charge on any atom is 0.270 e. The lowest BCUT2D eigenvalue weighted by Crippen LogP contribution is -2.44. The third kappa shape index (κ3) is 3.29. The average molecular weight is 303 g/mol. The quantitative estimate of drug-likeness (QED) is 0.608. The van der Waals surface area contributed by atoms with Crippen molar-refractivity contribution in [2.75, 3.05) is 6.61 Å². The van der Waals surface area contributed by atoms with Gasteiger partial charge in [-0.15, -0.1) is 0 Å². The largest absolute Gasteiger partial charge is 0.276 e. The minimum Gasteiger partial charge on any atom is -0.276 e. The van der Waals surface area contributed by atoms with E-state index in [9.17, 15) is 18.5 Å². The number of nitrogens with one attached hydrogen (secondary N) is 2. The molecule has 1 aromatic carbocycles. The van der Waals surface area contributed by atoms with E-state index in [0.29, 0.717) is 12.0 Å². The molecule has 10 heteroatoms. The van der Waals surface area contributed by atoms with Crippen LogP contribution in [0.2, 0.25) is 0 Å². The maximum absolute atomic E-state index is 12.2. The molecular weight excluding hydrogens is 290 g/mol. The van der Waals surface area contributed by atoms with Gasteiger partial charge < -0.3 is 0 Å². The number of non-ortho nitro benzene ring substituents is 1. The highest BCUT2D eigenvalue weighted by Crippen LogP contribution is 2.22. The number of nitrogens with zero attached hydrogens (tertiary/aromatic N) is 1. The smallest absolute Gasteiger partial charge is 0.270 e. The van der Waals surface area contributed by atoms with E-state index in [4.69, 9.17) is 9.68 Å². The highest BCUT2D eigenvalue weighted by Gasteiger charge is 2.26. The van der Waals surface area contributed by atoms with Crippen LogP contribution in [-0.4, -0.2) is 26.2 Å². The third-order valence-electron chi connectivity index (χ3n) is 2.69. The van der Waals surface area contributed by atoms with Gasteiger partial charge in [0.15, 0.2) is 0 Å². The number of hydrogen-bond donors (Lipinski definition) is 2. The Hall–Kier alpha value is -1.59. The molecule has 2 rings (SSSR count). The molecule has 0 aromatic heterocycles. The predicted octanol–water partition coefficient (Wildman–Crippen LogP) is 0.364. The summed E-state index contributed by atoms with van der Waals surface area (Å²) in [5.74, 6) is 0. The van der Waals surface area contributed by atoms with Crippen LogP contribution in [-0.2, 0) is 19.7 Å². The van der Waals surface area contributed by atoms with Crippen LogP contribution in [0.15, 0.2) is 23.1 Å². The van der Waals surface area contributed by atoms with Crippen molar-refractivity contribution in [1.82, 2.24) is 10.4 Å². The van der Waals surface area contributed by atoms with E-state index in [-0.39, 0.29) is 17.2 Å². The summed E-state index contributed by atoms with van der Waals surface area (Å²) in [7, 11) is -3.92. The number of nitro benzene ring substituents is 1. The molecule has 1 aliphatic rings. The summed E-state index contributed by atoms with van der Waals surface area (Å²) < 4.78 is 26.7. The van der Waals surface area contributed by atoms with Crippen LogP contribution in [0.4, 0.5) is 5.69 Å². The second kappa shape index (κ2) is 5.81. The number of aryl methyl sites for hydroxylation is 1. The molecular formula is C10H13N3O6S. The van der Waals surface area contributed by atoms with Crippen LogP contribution in [0.25, 0.3) is 0 Å². The molecule has 1 saturated heterocycles. The van der Waals surface area contributed by atoms with Crippen LogP contribution in [0, 0.1) is 17.0 Å². The van der Waals surface area contributed by atoms with Crippen LogP contribution < -0.4 is 10.4 Å². The van der Waals surface area contributed by atoms with Gasteiger partial charge in [0.25, 0.3) is 5.69 Å². The van der Waals surface area contributed by atoms with Gasteiger partial charge in [-0.2, -0.15) is 4.72 Å². The van der Waals surface area contributed by atoms with Gasteiger partial charge in [-0.25, -0.2) is 8.42 Å². The molecule has 1 heterocycles. The highest BCUT2D eigenvalue weighted by atomic mass is 32.2. The first-order valence-electron chi connectivity index (χ1n) is 5.70. The van der Waals surface area contributed by atoms with Gasteiger partial charge in [-0.1, -0.05) is 11.7 Å². The van der Waals surface area contributed by atoms with Crippen molar-refractivity contribution in [2.24, 2.45) is 0 Å². The molecule has 20 heavy (non-hydrogen) atoms. The number of rotatable bonds is 4. The lowest BCUT2D eigenvalue weighted by atomic mass is 10.2. The van der Waals surface area contributed by atoms with Gasteiger partial charge in [-0.3, -0.25) is 19.8 Å². The van der Waals surface area contributed by atoms with E-state index in [1.165, 1.54) is 12.1 Å². The van der Waals surface area contributed by atoms with E-state index >= 15 is 0 Å². The molecule has 0 bridgehead atoms. The normalized spacial score (nSPS) is 19.8. The summed E-state index contributed by atoms with van der Waals surface area (Å²) in [5, 5.41) is 10.7. The van der Waals surface area contributed by atoms with Gasteiger partial charge in [0.1, 0.15) is 6.23 Å². The van der Waals surface area contributed by atoms with Gasteiger partial charge in [0, 0.05) is 18.6 Å². The van der Waals surface area contributed by atoms with E-state index < -0.39 is 21.2 Å². The highest BCUT2D eigenvalue weighted by molar-refractivity contribution is 7.89. The number of hydrogen-bond acceptors (Lipinski definition) is 7. The van der Waals surface area contributed by atoms with E-state index in [1.54, 1.807) is 6.92 Å². The summed E-state index contributed by atoms with van der Waals surface area (Å²) in [6, 6.07) is 3.65. The van der Waals surface area contributed by atoms with Crippen LogP contribution >= 0.6 is 0 Å². The first kappa shape index (κ1) is 14.8. The van der Waals surface area contributed by atoms with Gasteiger partial charge in [0.05, 0.1) is 16.4 Å². The SMILES string of the molecule is Cc1ccc([N+](=O)[O-])cc1S(=O)(=O)NC1CCONO1. The molecule has 1 aliphatic heterocycles. The summed E-state index contributed by atoms with van der Waals surface area (Å²) in [6.45, 7) is 1.84. The topological polar surface area (TPSA) is 120 Å². The van der Waals surface area contributed by atoms with E-state index in [1.807, 2.05) is 0 Å². The maximum atomic E-state index is 12.2. The second-order valence-corrected chi connectivity index (χ2v) is 5.84. The molecule has 0 spiro atoms. The minimum absolute atomic E-state index is 0.151.